The molecule has 0 aliphatic heterocycles. The zero-order chi connectivity index (χ0) is 13.3. The van der Waals surface area contributed by atoms with E-state index in [4.69, 9.17) is 5.73 Å². The van der Waals surface area contributed by atoms with E-state index in [0.29, 0.717) is 0 Å². The molecule has 0 fully saturated rings. The normalized spacial score (nSPS) is 15.7. The molecule has 0 aliphatic rings. The van der Waals surface area contributed by atoms with Crippen LogP contribution in [-0.2, 0) is 6.42 Å². The zero-order valence-electron chi connectivity index (χ0n) is 10.4. The number of hydrogen-bond acceptors (Lipinski definition) is 1. The van der Waals surface area contributed by atoms with Crippen molar-refractivity contribution in [2.45, 2.75) is 32.9 Å². The number of hydrogen-bond donors (Lipinski definition) is 1. The van der Waals surface area contributed by atoms with Gasteiger partial charge in [-0.3, -0.25) is 0 Å². The fraction of sp³-hybridized carbons (Fsp3) is 0.538. The maximum Gasteiger partial charge on any atom is 0.132 e. The minimum absolute atomic E-state index is 0.0212. The van der Waals surface area contributed by atoms with Gasteiger partial charge in [0, 0.05) is 13.0 Å². The quantitative estimate of drug-likeness (QED) is 0.869. The van der Waals surface area contributed by atoms with Gasteiger partial charge in [-0.2, -0.15) is 0 Å². The lowest BCUT2D eigenvalue weighted by atomic mass is 9.74. The topological polar surface area (TPSA) is 26.0 Å². The van der Waals surface area contributed by atoms with Crippen molar-refractivity contribution in [3.05, 3.63) is 35.4 Å². The summed E-state index contributed by atoms with van der Waals surface area (Å²) in [6, 6.07) is 3.04. The van der Waals surface area contributed by atoms with Crippen LogP contribution in [0.4, 0.5) is 13.2 Å². The van der Waals surface area contributed by atoms with Crippen LogP contribution in [0, 0.1) is 17.0 Å². The lowest BCUT2D eigenvalue weighted by Gasteiger charge is -2.37. The summed E-state index contributed by atoms with van der Waals surface area (Å²) >= 11 is 0. The van der Waals surface area contributed by atoms with E-state index in [9.17, 15) is 13.2 Å². The molecule has 0 bridgehead atoms. The summed E-state index contributed by atoms with van der Waals surface area (Å²) in [6.07, 6.45) is -0.226. The van der Waals surface area contributed by atoms with Crippen molar-refractivity contribution in [2.24, 2.45) is 11.1 Å². The molecule has 0 amide bonds. The Kier molecular flexibility index (Phi) is 3.87. The molecule has 4 heteroatoms. The number of alkyl halides is 1. The molecule has 0 spiro atoms. The highest BCUT2D eigenvalue weighted by Gasteiger charge is 2.41. The van der Waals surface area contributed by atoms with Gasteiger partial charge in [-0.25, -0.2) is 13.2 Å². The van der Waals surface area contributed by atoms with Crippen molar-refractivity contribution >= 4 is 0 Å². The molecule has 1 unspecified atom stereocenters. The first-order valence-electron chi connectivity index (χ1n) is 5.52. The van der Waals surface area contributed by atoms with E-state index in [-0.39, 0.29) is 18.5 Å². The van der Waals surface area contributed by atoms with Gasteiger partial charge in [-0.1, -0.05) is 20.8 Å². The maximum atomic E-state index is 14.6. The lowest BCUT2D eigenvalue weighted by Crippen LogP contribution is -2.47. The van der Waals surface area contributed by atoms with Crippen LogP contribution < -0.4 is 5.73 Å². The minimum Gasteiger partial charge on any atom is -0.327 e. The Labute approximate surface area is 99.8 Å². The average Bonchev–Trinajstić information content (AvgIpc) is 2.21. The average molecular weight is 245 g/mol. The fourth-order valence-electron chi connectivity index (χ4n) is 1.62. The van der Waals surface area contributed by atoms with Crippen molar-refractivity contribution in [1.29, 1.82) is 0 Å². The van der Waals surface area contributed by atoms with Gasteiger partial charge in [0.1, 0.15) is 17.3 Å². The SMILES string of the molecule is CC(C)(C)C(F)(CN)Cc1cc(F)ccc1F. The molecule has 1 aromatic carbocycles. The van der Waals surface area contributed by atoms with Crippen LogP contribution in [-0.4, -0.2) is 12.2 Å². The molecule has 0 heterocycles. The molecule has 1 atom stereocenters. The first kappa shape index (κ1) is 14.0. The van der Waals surface area contributed by atoms with Crippen LogP contribution in [0.25, 0.3) is 0 Å². The smallest absolute Gasteiger partial charge is 0.132 e. The summed E-state index contributed by atoms with van der Waals surface area (Å²) in [5.74, 6) is -1.18. The van der Waals surface area contributed by atoms with Crippen molar-refractivity contribution in [2.75, 3.05) is 6.54 Å². The van der Waals surface area contributed by atoms with Crippen molar-refractivity contribution in [1.82, 2.24) is 0 Å². The van der Waals surface area contributed by atoms with Crippen molar-refractivity contribution in [3.63, 3.8) is 0 Å². The highest BCUT2D eigenvalue weighted by atomic mass is 19.1. The predicted molar refractivity (Wildman–Crippen MR) is 62.4 cm³/mol. The molecule has 1 rings (SSSR count). The molecule has 96 valence electrons. The summed E-state index contributed by atoms with van der Waals surface area (Å²) in [5, 5.41) is 0. The number of benzene rings is 1. The third kappa shape index (κ3) is 3.00. The fourth-order valence-corrected chi connectivity index (χ4v) is 1.62. The number of halogens is 3. The molecule has 0 aromatic heterocycles. The van der Waals surface area contributed by atoms with E-state index in [0.717, 1.165) is 18.2 Å². The van der Waals surface area contributed by atoms with Crippen LogP contribution in [0.3, 0.4) is 0 Å². The minimum atomic E-state index is -1.76. The van der Waals surface area contributed by atoms with Gasteiger partial charge >= 0.3 is 0 Å². The molecule has 17 heavy (non-hydrogen) atoms. The highest BCUT2D eigenvalue weighted by Crippen LogP contribution is 2.36. The second-order valence-corrected chi connectivity index (χ2v) is 5.33. The molecule has 0 saturated heterocycles. The predicted octanol–water partition coefficient (Wildman–Crippen LogP) is 3.22. The molecular formula is C13H18F3N. The Balaban J connectivity index is 3.07. The van der Waals surface area contributed by atoms with Gasteiger partial charge in [0.05, 0.1) is 0 Å². The summed E-state index contributed by atoms with van der Waals surface area (Å²) in [6.45, 7) is 4.84. The van der Waals surface area contributed by atoms with E-state index in [1.54, 1.807) is 20.8 Å². The standard InChI is InChI=1S/C13H18F3N/c1-12(2,3)13(16,8-17)7-9-6-10(14)4-5-11(9)15/h4-6H,7-8,17H2,1-3H3. The summed E-state index contributed by atoms with van der Waals surface area (Å²) in [4.78, 5) is 0. The van der Waals surface area contributed by atoms with E-state index >= 15 is 0 Å². The Bertz CT molecular complexity index is 398. The van der Waals surface area contributed by atoms with Crippen molar-refractivity contribution < 1.29 is 13.2 Å². The second kappa shape index (κ2) is 4.69. The van der Waals surface area contributed by atoms with Gasteiger partial charge in [-0.15, -0.1) is 0 Å². The summed E-state index contributed by atoms with van der Waals surface area (Å²) in [7, 11) is 0. The van der Waals surface area contributed by atoms with E-state index in [1.807, 2.05) is 0 Å². The van der Waals surface area contributed by atoms with Gasteiger partial charge in [0.15, 0.2) is 0 Å². The van der Waals surface area contributed by atoms with Crippen molar-refractivity contribution in [3.8, 4) is 0 Å². The van der Waals surface area contributed by atoms with Gasteiger partial charge < -0.3 is 5.73 Å². The molecule has 1 aromatic rings. The monoisotopic (exact) mass is 245 g/mol. The number of nitrogens with two attached hydrogens (primary N) is 1. The van der Waals surface area contributed by atoms with Crippen LogP contribution in [0.15, 0.2) is 18.2 Å². The largest absolute Gasteiger partial charge is 0.327 e. The molecule has 0 radical (unpaired) electrons. The van der Waals surface area contributed by atoms with Gasteiger partial charge in [0.25, 0.3) is 0 Å². The Hall–Kier alpha value is -1.03. The third-order valence-electron chi connectivity index (χ3n) is 3.15. The van der Waals surface area contributed by atoms with Gasteiger partial charge in [0.2, 0.25) is 0 Å². The van der Waals surface area contributed by atoms with Gasteiger partial charge in [-0.05, 0) is 29.2 Å². The van der Waals surface area contributed by atoms with Crippen LogP contribution in [0.5, 0.6) is 0 Å². The Morgan fingerprint density at radius 1 is 1.18 bits per heavy atom. The van der Waals surface area contributed by atoms with Crippen LogP contribution in [0.1, 0.15) is 26.3 Å². The Morgan fingerprint density at radius 2 is 1.76 bits per heavy atom. The lowest BCUT2D eigenvalue weighted by molar-refractivity contribution is 0.0374. The Morgan fingerprint density at radius 3 is 2.24 bits per heavy atom. The summed E-state index contributed by atoms with van der Waals surface area (Å²) < 4.78 is 41.1. The first-order valence-corrected chi connectivity index (χ1v) is 5.52. The second-order valence-electron chi connectivity index (χ2n) is 5.33. The molecule has 0 saturated carbocycles. The first-order chi connectivity index (χ1) is 7.69. The summed E-state index contributed by atoms with van der Waals surface area (Å²) in [5.41, 5.74) is 2.96. The molecule has 2 N–H and O–H groups in total. The van der Waals surface area contributed by atoms with E-state index in [1.165, 1.54) is 0 Å². The van der Waals surface area contributed by atoms with E-state index in [2.05, 4.69) is 0 Å². The third-order valence-corrected chi connectivity index (χ3v) is 3.15. The highest BCUT2D eigenvalue weighted by molar-refractivity contribution is 5.21. The van der Waals surface area contributed by atoms with Crippen LogP contribution in [0.2, 0.25) is 0 Å². The number of rotatable bonds is 3. The molecular weight excluding hydrogens is 227 g/mol. The van der Waals surface area contributed by atoms with E-state index < -0.39 is 22.7 Å². The molecule has 0 aliphatic carbocycles. The van der Waals surface area contributed by atoms with Crippen LogP contribution >= 0.6 is 0 Å². The molecule has 1 nitrogen and oxygen atoms in total. The maximum absolute atomic E-state index is 14.6. The zero-order valence-corrected chi connectivity index (χ0v) is 10.4.